The Morgan fingerprint density at radius 1 is 1.32 bits per heavy atom. The quantitative estimate of drug-likeness (QED) is 0.857. The molecule has 2 fully saturated rings. The third kappa shape index (κ3) is 2.76. The minimum atomic E-state index is -0.350. The van der Waals surface area contributed by atoms with Gasteiger partial charge in [-0.05, 0) is 38.4 Å². The van der Waals surface area contributed by atoms with Crippen molar-refractivity contribution in [2.75, 3.05) is 6.26 Å². The first kappa shape index (κ1) is 14.7. The van der Waals surface area contributed by atoms with Gasteiger partial charge in [0.2, 0.25) is 11.8 Å². The third-order valence-electron chi connectivity index (χ3n) is 4.37. The molecule has 1 aliphatic carbocycles. The van der Waals surface area contributed by atoms with Gasteiger partial charge in [-0.3, -0.25) is 9.59 Å². The molecule has 2 aliphatic rings. The second-order valence-corrected chi connectivity index (χ2v) is 7.11. The number of hydrogen-bond donors (Lipinski definition) is 1. The molecular weight excluding hydrogens is 260 g/mol. The van der Waals surface area contributed by atoms with E-state index in [0.717, 1.165) is 19.3 Å². The van der Waals surface area contributed by atoms with Crippen LogP contribution in [0, 0.1) is 5.92 Å². The van der Waals surface area contributed by atoms with Crippen LogP contribution in [0.3, 0.4) is 0 Å². The summed E-state index contributed by atoms with van der Waals surface area (Å²) in [5, 5.41) is 3.49. The maximum Gasteiger partial charge on any atom is 0.246 e. The van der Waals surface area contributed by atoms with Crippen LogP contribution in [0.5, 0.6) is 0 Å². The van der Waals surface area contributed by atoms with E-state index in [1.54, 1.807) is 0 Å². The third-order valence-corrected chi connectivity index (χ3v) is 5.46. The van der Waals surface area contributed by atoms with E-state index in [-0.39, 0.29) is 35.9 Å². The van der Waals surface area contributed by atoms with Gasteiger partial charge in [0, 0.05) is 11.3 Å². The molecule has 0 aromatic heterocycles. The fourth-order valence-corrected chi connectivity index (χ4v) is 3.93. The summed E-state index contributed by atoms with van der Waals surface area (Å²) in [7, 11) is 0. The standard InChI is InChI=1S/C14H24N2O2S/c1-8(2)12-14(18)16(9(3)13(17)15-12)10-5-6-11(7-10)19-4/h8-12H,5-7H2,1-4H3,(H,15,17). The number of hydrogen-bond acceptors (Lipinski definition) is 3. The lowest BCUT2D eigenvalue weighted by Gasteiger charge is -2.42. The summed E-state index contributed by atoms with van der Waals surface area (Å²) in [4.78, 5) is 26.5. The fourth-order valence-electron chi connectivity index (χ4n) is 3.15. The zero-order valence-corrected chi connectivity index (χ0v) is 13.0. The average Bonchev–Trinajstić information content (AvgIpc) is 2.82. The van der Waals surface area contributed by atoms with Gasteiger partial charge in [-0.2, -0.15) is 11.8 Å². The molecule has 4 nitrogen and oxygen atoms in total. The second kappa shape index (κ2) is 5.73. The van der Waals surface area contributed by atoms with Crippen LogP contribution in [0.4, 0.5) is 0 Å². The van der Waals surface area contributed by atoms with Gasteiger partial charge in [0.15, 0.2) is 0 Å². The summed E-state index contributed by atoms with van der Waals surface area (Å²) in [5.41, 5.74) is 0. The van der Waals surface area contributed by atoms with Crippen molar-refractivity contribution in [2.45, 2.75) is 63.4 Å². The van der Waals surface area contributed by atoms with Crippen molar-refractivity contribution in [3.8, 4) is 0 Å². The van der Waals surface area contributed by atoms with Crippen LogP contribution in [-0.2, 0) is 9.59 Å². The zero-order chi connectivity index (χ0) is 14.2. The number of amides is 2. The molecule has 0 spiro atoms. The predicted octanol–water partition coefficient (Wildman–Crippen LogP) is 1.64. The Balaban J connectivity index is 2.16. The van der Waals surface area contributed by atoms with Crippen LogP contribution in [-0.4, -0.2) is 46.3 Å². The first-order valence-corrected chi connectivity index (χ1v) is 8.39. The van der Waals surface area contributed by atoms with Gasteiger partial charge in [0.25, 0.3) is 0 Å². The maximum absolute atomic E-state index is 12.6. The number of carbonyl (C=O) groups is 2. The molecule has 4 atom stereocenters. The lowest BCUT2D eigenvalue weighted by atomic mass is 9.96. The van der Waals surface area contributed by atoms with Crippen molar-refractivity contribution in [1.29, 1.82) is 0 Å². The van der Waals surface area contributed by atoms with Gasteiger partial charge in [0.05, 0.1) is 0 Å². The lowest BCUT2D eigenvalue weighted by Crippen LogP contribution is -2.65. The Morgan fingerprint density at radius 2 is 2.00 bits per heavy atom. The molecule has 19 heavy (non-hydrogen) atoms. The SMILES string of the molecule is CSC1CCC(N2C(=O)C(C(C)C)NC(=O)C2C)C1. The molecule has 0 bridgehead atoms. The Morgan fingerprint density at radius 3 is 2.53 bits per heavy atom. The fraction of sp³-hybridized carbons (Fsp3) is 0.857. The summed E-state index contributed by atoms with van der Waals surface area (Å²) >= 11 is 1.87. The second-order valence-electron chi connectivity index (χ2n) is 5.98. The number of piperazine rings is 1. The Kier molecular flexibility index (Phi) is 4.43. The van der Waals surface area contributed by atoms with Crippen molar-refractivity contribution in [2.24, 2.45) is 5.92 Å². The molecule has 0 aromatic rings. The van der Waals surface area contributed by atoms with Gasteiger partial charge < -0.3 is 10.2 Å². The van der Waals surface area contributed by atoms with Crippen LogP contribution < -0.4 is 5.32 Å². The van der Waals surface area contributed by atoms with E-state index in [1.807, 2.05) is 37.4 Å². The van der Waals surface area contributed by atoms with Gasteiger partial charge in [-0.25, -0.2) is 0 Å². The topological polar surface area (TPSA) is 49.4 Å². The summed E-state index contributed by atoms with van der Waals surface area (Å²) in [6.45, 7) is 5.81. The predicted molar refractivity (Wildman–Crippen MR) is 78.0 cm³/mol. The Bertz CT molecular complexity index is 372. The van der Waals surface area contributed by atoms with E-state index in [2.05, 4.69) is 11.6 Å². The first-order chi connectivity index (χ1) is 8.95. The molecule has 0 aromatic carbocycles. The van der Waals surface area contributed by atoms with Crippen molar-refractivity contribution in [3.63, 3.8) is 0 Å². The monoisotopic (exact) mass is 284 g/mol. The van der Waals surface area contributed by atoms with E-state index in [1.165, 1.54) is 0 Å². The maximum atomic E-state index is 12.6. The Hall–Kier alpha value is -0.710. The summed E-state index contributed by atoms with van der Waals surface area (Å²) in [6.07, 6.45) is 5.32. The van der Waals surface area contributed by atoms with E-state index in [9.17, 15) is 9.59 Å². The molecule has 1 saturated heterocycles. The molecular formula is C14H24N2O2S. The number of rotatable bonds is 3. The van der Waals surface area contributed by atoms with Gasteiger partial charge in [0.1, 0.15) is 12.1 Å². The number of nitrogens with one attached hydrogen (secondary N) is 1. The van der Waals surface area contributed by atoms with Crippen molar-refractivity contribution in [3.05, 3.63) is 0 Å². The van der Waals surface area contributed by atoms with Crippen LogP contribution in [0.1, 0.15) is 40.0 Å². The minimum absolute atomic E-state index is 0.00842. The largest absolute Gasteiger partial charge is 0.342 e. The van der Waals surface area contributed by atoms with Crippen molar-refractivity contribution < 1.29 is 9.59 Å². The van der Waals surface area contributed by atoms with Crippen LogP contribution in [0.2, 0.25) is 0 Å². The molecule has 2 rings (SSSR count). The zero-order valence-electron chi connectivity index (χ0n) is 12.2. The van der Waals surface area contributed by atoms with E-state index in [4.69, 9.17) is 0 Å². The van der Waals surface area contributed by atoms with Crippen LogP contribution in [0.15, 0.2) is 0 Å². The highest BCUT2D eigenvalue weighted by Gasteiger charge is 2.44. The highest BCUT2D eigenvalue weighted by Crippen LogP contribution is 2.33. The van der Waals surface area contributed by atoms with Crippen molar-refractivity contribution >= 4 is 23.6 Å². The molecule has 0 radical (unpaired) electrons. The molecule has 1 saturated carbocycles. The van der Waals surface area contributed by atoms with Crippen LogP contribution in [0.25, 0.3) is 0 Å². The number of nitrogens with zero attached hydrogens (tertiary/aromatic N) is 1. The van der Waals surface area contributed by atoms with Crippen molar-refractivity contribution in [1.82, 2.24) is 10.2 Å². The molecule has 5 heteroatoms. The normalized spacial score (nSPS) is 35.9. The number of thioether (sulfide) groups is 1. The van der Waals surface area contributed by atoms with Crippen LogP contribution >= 0.6 is 11.8 Å². The first-order valence-electron chi connectivity index (χ1n) is 7.11. The highest BCUT2D eigenvalue weighted by molar-refractivity contribution is 7.99. The minimum Gasteiger partial charge on any atom is -0.342 e. The molecule has 2 amide bonds. The summed E-state index contributed by atoms with van der Waals surface area (Å²) < 4.78 is 0. The number of carbonyl (C=O) groups excluding carboxylic acids is 2. The van der Waals surface area contributed by atoms with Gasteiger partial charge in [-0.1, -0.05) is 13.8 Å². The van der Waals surface area contributed by atoms with E-state index in [0.29, 0.717) is 5.25 Å². The molecule has 4 unspecified atom stereocenters. The molecule has 1 aliphatic heterocycles. The Labute approximate surface area is 119 Å². The summed E-state index contributed by atoms with van der Waals surface area (Å²) in [6, 6.07) is -0.433. The molecule has 108 valence electrons. The highest BCUT2D eigenvalue weighted by atomic mass is 32.2. The van der Waals surface area contributed by atoms with E-state index < -0.39 is 0 Å². The lowest BCUT2D eigenvalue weighted by molar-refractivity contribution is -0.152. The molecule has 1 N–H and O–H groups in total. The molecule has 1 heterocycles. The smallest absolute Gasteiger partial charge is 0.246 e. The van der Waals surface area contributed by atoms with Gasteiger partial charge >= 0.3 is 0 Å². The average molecular weight is 284 g/mol. The van der Waals surface area contributed by atoms with E-state index >= 15 is 0 Å². The van der Waals surface area contributed by atoms with Gasteiger partial charge in [-0.15, -0.1) is 0 Å². The summed E-state index contributed by atoms with van der Waals surface area (Å²) in [5.74, 6) is 0.240.